The lowest BCUT2D eigenvalue weighted by atomic mass is 10.0. The van der Waals surface area contributed by atoms with E-state index in [-0.39, 0.29) is 11.5 Å². The predicted molar refractivity (Wildman–Crippen MR) is 81.9 cm³/mol. The average molecular weight is 296 g/mol. The fourth-order valence-electron chi connectivity index (χ4n) is 2.70. The SMILES string of the molecule is COC(=O)c1occc1C=CC(=O)c1ccc2c(c1)CCC2. The van der Waals surface area contributed by atoms with Crippen molar-refractivity contribution in [2.75, 3.05) is 7.11 Å². The molecule has 0 atom stereocenters. The number of esters is 1. The van der Waals surface area contributed by atoms with Crippen LogP contribution in [0.3, 0.4) is 0 Å². The first-order chi connectivity index (χ1) is 10.7. The maximum Gasteiger partial charge on any atom is 0.374 e. The number of carbonyl (C=O) groups is 2. The lowest BCUT2D eigenvalue weighted by Crippen LogP contribution is -2.01. The molecule has 1 aliphatic carbocycles. The molecule has 3 rings (SSSR count). The smallest absolute Gasteiger partial charge is 0.374 e. The van der Waals surface area contributed by atoms with E-state index in [0.29, 0.717) is 11.1 Å². The standard InChI is InChI=1S/C18H16O4/c1-21-18(20)17-13(9-10-22-17)7-8-16(19)15-6-5-12-3-2-4-14(12)11-15/h5-11H,2-4H2,1H3. The molecule has 0 saturated heterocycles. The van der Waals surface area contributed by atoms with E-state index in [2.05, 4.69) is 4.74 Å². The van der Waals surface area contributed by atoms with Gasteiger partial charge in [-0.1, -0.05) is 12.1 Å². The van der Waals surface area contributed by atoms with Crippen molar-refractivity contribution in [3.63, 3.8) is 0 Å². The van der Waals surface area contributed by atoms with E-state index in [4.69, 9.17) is 4.42 Å². The minimum Gasteiger partial charge on any atom is -0.463 e. The summed E-state index contributed by atoms with van der Waals surface area (Å²) in [6.45, 7) is 0. The highest BCUT2D eigenvalue weighted by Crippen LogP contribution is 2.23. The predicted octanol–water partition coefficient (Wildman–Crippen LogP) is 3.45. The molecule has 1 heterocycles. The van der Waals surface area contributed by atoms with Crippen LogP contribution in [0.4, 0.5) is 0 Å². The number of hydrogen-bond acceptors (Lipinski definition) is 4. The van der Waals surface area contributed by atoms with Crippen molar-refractivity contribution >= 4 is 17.8 Å². The highest BCUT2D eigenvalue weighted by atomic mass is 16.5. The maximum absolute atomic E-state index is 12.3. The fourth-order valence-corrected chi connectivity index (χ4v) is 2.70. The van der Waals surface area contributed by atoms with Crippen molar-refractivity contribution in [2.45, 2.75) is 19.3 Å². The number of carbonyl (C=O) groups excluding carboxylic acids is 2. The van der Waals surface area contributed by atoms with E-state index in [1.165, 1.54) is 30.6 Å². The maximum atomic E-state index is 12.3. The van der Waals surface area contributed by atoms with Gasteiger partial charge in [-0.05, 0) is 54.7 Å². The van der Waals surface area contributed by atoms with E-state index in [1.54, 1.807) is 12.1 Å². The number of ether oxygens (including phenoxy) is 1. The molecule has 112 valence electrons. The van der Waals surface area contributed by atoms with Gasteiger partial charge in [0.25, 0.3) is 0 Å². The molecule has 0 fully saturated rings. The first-order valence-corrected chi connectivity index (χ1v) is 7.19. The Hall–Kier alpha value is -2.62. The fraction of sp³-hybridized carbons (Fsp3) is 0.222. The van der Waals surface area contributed by atoms with Crippen LogP contribution >= 0.6 is 0 Å². The Labute approximate surface area is 128 Å². The molecule has 1 aromatic heterocycles. The van der Waals surface area contributed by atoms with Gasteiger partial charge in [-0.25, -0.2) is 4.79 Å². The van der Waals surface area contributed by atoms with Crippen LogP contribution in [0.2, 0.25) is 0 Å². The number of rotatable bonds is 4. The normalized spacial score (nSPS) is 13.3. The van der Waals surface area contributed by atoms with Gasteiger partial charge in [0.05, 0.1) is 13.4 Å². The summed E-state index contributed by atoms with van der Waals surface area (Å²) in [4.78, 5) is 23.8. The van der Waals surface area contributed by atoms with Gasteiger partial charge in [-0.3, -0.25) is 4.79 Å². The monoisotopic (exact) mass is 296 g/mol. The molecule has 4 heteroatoms. The minimum absolute atomic E-state index is 0.0910. The lowest BCUT2D eigenvalue weighted by molar-refractivity contribution is 0.0564. The van der Waals surface area contributed by atoms with Crippen LogP contribution in [0, 0.1) is 0 Å². The van der Waals surface area contributed by atoms with Crippen LogP contribution in [0.15, 0.2) is 41.0 Å². The summed E-state index contributed by atoms with van der Waals surface area (Å²) >= 11 is 0. The van der Waals surface area contributed by atoms with E-state index in [9.17, 15) is 9.59 Å². The molecule has 0 radical (unpaired) electrons. The average Bonchev–Trinajstić information content (AvgIpc) is 3.19. The molecule has 0 amide bonds. The van der Waals surface area contributed by atoms with E-state index >= 15 is 0 Å². The topological polar surface area (TPSA) is 56.5 Å². The molecule has 0 unspecified atom stereocenters. The van der Waals surface area contributed by atoms with E-state index in [1.807, 2.05) is 18.2 Å². The zero-order valence-corrected chi connectivity index (χ0v) is 12.3. The summed E-state index contributed by atoms with van der Waals surface area (Å²) in [5.74, 6) is -0.554. The van der Waals surface area contributed by atoms with Gasteiger partial charge >= 0.3 is 5.97 Å². The number of ketones is 1. The molecule has 0 saturated carbocycles. The van der Waals surface area contributed by atoms with Gasteiger partial charge in [0, 0.05) is 11.1 Å². The van der Waals surface area contributed by atoms with Crippen molar-refractivity contribution < 1.29 is 18.7 Å². The summed E-state index contributed by atoms with van der Waals surface area (Å²) < 4.78 is 9.70. The van der Waals surface area contributed by atoms with Gasteiger partial charge in [0.1, 0.15) is 0 Å². The van der Waals surface area contributed by atoms with Gasteiger partial charge in [0.2, 0.25) is 5.76 Å². The Bertz CT molecular complexity index is 752. The second kappa shape index (κ2) is 6.02. The summed E-state index contributed by atoms with van der Waals surface area (Å²) in [7, 11) is 1.29. The Balaban J connectivity index is 1.80. The molecular weight excluding hydrogens is 280 g/mol. The van der Waals surface area contributed by atoms with Crippen LogP contribution in [0.1, 0.15) is 44.0 Å². The number of aryl methyl sites for hydroxylation is 2. The number of allylic oxidation sites excluding steroid dienone is 1. The van der Waals surface area contributed by atoms with E-state index in [0.717, 1.165) is 19.3 Å². The molecule has 4 nitrogen and oxygen atoms in total. The first-order valence-electron chi connectivity index (χ1n) is 7.19. The van der Waals surface area contributed by atoms with Gasteiger partial charge < -0.3 is 9.15 Å². The van der Waals surface area contributed by atoms with Crippen molar-refractivity contribution in [2.24, 2.45) is 0 Å². The Morgan fingerprint density at radius 1 is 1.18 bits per heavy atom. The number of furan rings is 1. The summed E-state index contributed by atoms with van der Waals surface area (Å²) in [6, 6.07) is 7.47. The molecule has 1 aliphatic rings. The first kappa shape index (κ1) is 14.3. The second-order valence-electron chi connectivity index (χ2n) is 5.23. The molecule has 1 aromatic carbocycles. The second-order valence-corrected chi connectivity index (χ2v) is 5.23. The van der Waals surface area contributed by atoms with Crippen LogP contribution in [0.25, 0.3) is 6.08 Å². The molecule has 0 bridgehead atoms. The molecule has 0 aliphatic heterocycles. The Morgan fingerprint density at radius 2 is 2.00 bits per heavy atom. The number of hydrogen-bond donors (Lipinski definition) is 0. The minimum atomic E-state index is -0.561. The Morgan fingerprint density at radius 3 is 2.82 bits per heavy atom. The number of methoxy groups -OCH3 is 1. The van der Waals surface area contributed by atoms with Crippen molar-refractivity contribution in [3.05, 3.63) is 64.6 Å². The van der Waals surface area contributed by atoms with Crippen molar-refractivity contribution in [1.82, 2.24) is 0 Å². The molecule has 2 aromatic rings. The highest BCUT2D eigenvalue weighted by Gasteiger charge is 2.15. The van der Waals surface area contributed by atoms with Gasteiger partial charge in [0.15, 0.2) is 5.78 Å². The van der Waals surface area contributed by atoms with E-state index < -0.39 is 5.97 Å². The van der Waals surface area contributed by atoms with Gasteiger partial charge in [-0.15, -0.1) is 0 Å². The summed E-state index contributed by atoms with van der Waals surface area (Å²) in [5, 5.41) is 0. The molecule has 22 heavy (non-hydrogen) atoms. The molecular formula is C18H16O4. The van der Waals surface area contributed by atoms with Crippen LogP contribution in [-0.4, -0.2) is 18.9 Å². The quantitative estimate of drug-likeness (QED) is 0.492. The third-order valence-electron chi connectivity index (χ3n) is 3.86. The van der Waals surface area contributed by atoms with Gasteiger partial charge in [-0.2, -0.15) is 0 Å². The summed E-state index contributed by atoms with van der Waals surface area (Å²) in [6.07, 6.45) is 7.71. The van der Waals surface area contributed by atoms with Crippen molar-refractivity contribution in [3.8, 4) is 0 Å². The third kappa shape index (κ3) is 2.72. The number of fused-ring (bicyclic) bond motifs is 1. The molecule has 0 spiro atoms. The van der Waals surface area contributed by atoms with Crippen LogP contribution in [0.5, 0.6) is 0 Å². The zero-order chi connectivity index (χ0) is 15.5. The van der Waals surface area contributed by atoms with Crippen molar-refractivity contribution in [1.29, 1.82) is 0 Å². The van der Waals surface area contributed by atoms with Crippen LogP contribution < -0.4 is 0 Å². The Kier molecular flexibility index (Phi) is 3.92. The number of benzene rings is 1. The van der Waals surface area contributed by atoms with Crippen LogP contribution in [-0.2, 0) is 17.6 Å². The highest BCUT2D eigenvalue weighted by molar-refractivity contribution is 6.07. The summed E-state index contributed by atoms with van der Waals surface area (Å²) in [5.41, 5.74) is 3.79. The third-order valence-corrected chi connectivity index (χ3v) is 3.86. The lowest BCUT2D eigenvalue weighted by Gasteiger charge is -2.01. The zero-order valence-electron chi connectivity index (χ0n) is 12.3. The molecule has 0 N–H and O–H groups in total. The largest absolute Gasteiger partial charge is 0.463 e.